The molecule has 0 amide bonds. The topological polar surface area (TPSA) is 9.23 Å². The van der Waals surface area contributed by atoms with Gasteiger partial charge in [-0.2, -0.15) is 0 Å². The highest BCUT2D eigenvalue weighted by Crippen LogP contribution is 2.32. The maximum Gasteiger partial charge on any atom is 0.168 e. The van der Waals surface area contributed by atoms with E-state index in [1.165, 1.54) is 6.07 Å². The van der Waals surface area contributed by atoms with Gasteiger partial charge in [0.25, 0.3) is 0 Å². The average molecular weight is 378 g/mol. The van der Waals surface area contributed by atoms with Crippen LogP contribution in [-0.2, 0) is 5.33 Å². The smallest absolute Gasteiger partial charge is 0.168 e. The molecule has 0 aliphatic heterocycles. The van der Waals surface area contributed by atoms with Crippen LogP contribution in [0, 0.1) is 11.6 Å². The molecule has 2 aromatic rings. The third-order valence-corrected chi connectivity index (χ3v) is 3.53. The summed E-state index contributed by atoms with van der Waals surface area (Å²) in [4.78, 5) is 0. The minimum atomic E-state index is -0.730. The number of rotatable bonds is 3. The van der Waals surface area contributed by atoms with Crippen molar-refractivity contribution in [2.24, 2.45) is 0 Å². The number of hydrogen-bond donors (Lipinski definition) is 0. The number of halogens is 4. The fourth-order valence-electron chi connectivity index (χ4n) is 1.39. The molecule has 18 heavy (non-hydrogen) atoms. The Bertz CT molecular complexity index is 573. The fourth-order valence-corrected chi connectivity index (χ4v) is 2.24. The monoisotopic (exact) mass is 376 g/mol. The molecule has 0 spiro atoms. The van der Waals surface area contributed by atoms with Gasteiger partial charge in [-0.25, -0.2) is 8.78 Å². The number of alkyl halides is 1. The van der Waals surface area contributed by atoms with Crippen LogP contribution in [0.5, 0.6) is 11.5 Å². The molecule has 0 N–H and O–H groups in total. The zero-order valence-electron chi connectivity index (χ0n) is 9.09. The molecule has 0 aliphatic rings. The first kappa shape index (κ1) is 13.5. The number of ether oxygens (including phenoxy) is 1. The summed E-state index contributed by atoms with van der Waals surface area (Å²) in [6.45, 7) is 0. The predicted molar refractivity (Wildman–Crippen MR) is 73.2 cm³/mol. The Morgan fingerprint density at radius 2 is 1.72 bits per heavy atom. The molecule has 0 heterocycles. The summed E-state index contributed by atoms with van der Waals surface area (Å²) in [5.41, 5.74) is 1.06. The van der Waals surface area contributed by atoms with Gasteiger partial charge in [0.2, 0.25) is 0 Å². The van der Waals surface area contributed by atoms with Crippen molar-refractivity contribution in [3.05, 3.63) is 58.1 Å². The molecule has 2 aromatic carbocycles. The molecule has 0 aliphatic carbocycles. The molecule has 0 saturated heterocycles. The maximum absolute atomic E-state index is 13.4. The van der Waals surface area contributed by atoms with Gasteiger partial charge in [0.05, 0.1) is 4.47 Å². The Labute approximate surface area is 120 Å². The van der Waals surface area contributed by atoms with E-state index in [9.17, 15) is 8.78 Å². The van der Waals surface area contributed by atoms with Crippen LogP contribution in [-0.4, -0.2) is 0 Å². The molecule has 0 fully saturated rings. The van der Waals surface area contributed by atoms with E-state index in [4.69, 9.17) is 4.74 Å². The lowest BCUT2D eigenvalue weighted by Gasteiger charge is -2.09. The van der Waals surface area contributed by atoms with Gasteiger partial charge in [0, 0.05) is 11.4 Å². The Kier molecular flexibility index (Phi) is 4.35. The third-order valence-electron chi connectivity index (χ3n) is 2.26. The highest BCUT2D eigenvalue weighted by atomic mass is 79.9. The van der Waals surface area contributed by atoms with E-state index in [2.05, 4.69) is 31.9 Å². The molecule has 0 aromatic heterocycles. The van der Waals surface area contributed by atoms with Crippen LogP contribution in [0.2, 0.25) is 0 Å². The van der Waals surface area contributed by atoms with Gasteiger partial charge in [-0.1, -0.05) is 22.0 Å². The van der Waals surface area contributed by atoms with Gasteiger partial charge in [-0.3, -0.25) is 0 Å². The molecule has 0 saturated carbocycles. The van der Waals surface area contributed by atoms with Gasteiger partial charge in [-0.05, 0) is 45.8 Å². The van der Waals surface area contributed by atoms with Crippen molar-refractivity contribution < 1.29 is 13.5 Å². The van der Waals surface area contributed by atoms with Crippen LogP contribution in [0.3, 0.4) is 0 Å². The van der Waals surface area contributed by atoms with E-state index in [-0.39, 0.29) is 5.75 Å². The first-order valence-electron chi connectivity index (χ1n) is 5.07. The lowest BCUT2D eigenvalue weighted by Crippen LogP contribution is -1.91. The predicted octanol–water partition coefficient (Wildman–Crippen LogP) is 5.41. The first-order valence-corrected chi connectivity index (χ1v) is 6.99. The second-order valence-electron chi connectivity index (χ2n) is 3.58. The Balaban J connectivity index is 2.28. The Morgan fingerprint density at radius 3 is 2.33 bits per heavy atom. The van der Waals surface area contributed by atoms with Crippen molar-refractivity contribution >= 4 is 31.9 Å². The van der Waals surface area contributed by atoms with Crippen molar-refractivity contribution in [2.45, 2.75) is 5.33 Å². The second-order valence-corrected chi connectivity index (χ2v) is 4.99. The minimum Gasteiger partial charge on any atom is -0.453 e. The molecule has 1 nitrogen and oxygen atoms in total. The van der Waals surface area contributed by atoms with E-state index in [0.29, 0.717) is 10.2 Å². The second kappa shape index (κ2) is 5.80. The Morgan fingerprint density at radius 1 is 1.00 bits per heavy atom. The number of benzene rings is 2. The standard InChI is InChI=1S/C13H8Br2F2O/c14-7-8-1-3-12(10(15)5-8)18-13-4-2-9(16)6-11(13)17/h1-6H,7H2. The van der Waals surface area contributed by atoms with Crippen LogP contribution in [0.25, 0.3) is 0 Å². The van der Waals surface area contributed by atoms with E-state index in [1.807, 2.05) is 12.1 Å². The summed E-state index contributed by atoms with van der Waals surface area (Å²) in [6, 6.07) is 8.65. The van der Waals surface area contributed by atoms with Crippen LogP contribution >= 0.6 is 31.9 Å². The van der Waals surface area contributed by atoms with Crippen molar-refractivity contribution in [1.29, 1.82) is 0 Å². The van der Waals surface area contributed by atoms with Gasteiger partial charge >= 0.3 is 0 Å². The highest BCUT2D eigenvalue weighted by Gasteiger charge is 2.09. The molecule has 94 valence electrons. The molecule has 5 heteroatoms. The number of hydrogen-bond acceptors (Lipinski definition) is 1. The molecule has 0 radical (unpaired) electrons. The molecule has 0 unspecified atom stereocenters. The highest BCUT2D eigenvalue weighted by molar-refractivity contribution is 9.10. The summed E-state index contributed by atoms with van der Waals surface area (Å²) < 4.78 is 32.3. The van der Waals surface area contributed by atoms with Crippen molar-refractivity contribution in [1.82, 2.24) is 0 Å². The minimum absolute atomic E-state index is 0.0105. The van der Waals surface area contributed by atoms with E-state index >= 15 is 0 Å². The summed E-state index contributed by atoms with van der Waals surface area (Å²) in [6.07, 6.45) is 0. The lowest BCUT2D eigenvalue weighted by molar-refractivity contribution is 0.435. The van der Waals surface area contributed by atoms with Crippen molar-refractivity contribution in [3.8, 4) is 11.5 Å². The lowest BCUT2D eigenvalue weighted by atomic mass is 10.2. The van der Waals surface area contributed by atoms with Crippen LogP contribution < -0.4 is 4.74 Å². The van der Waals surface area contributed by atoms with E-state index in [1.54, 1.807) is 6.07 Å². The Hall–Kier alpha value is -0.940. The van der Waals surface area contributed by atoms with Gasteiger partial charge in [0.1, 0.15) is 11.6 Å². The van der Waals surface area contributed by atoms with Crippen LogP contribution in [0.4, 0.5) is 8.78 Å². The van der Waals surface area contributed by atoms with Gasteiger partial charge in [0.15, 0.2) is 11.6 Å². The zero-order chi connectivity index (χ0) is 13.1. The largest absolute Gasteiger partial charge is 0.453 e. The molecular weight excluding hydrogens is 370 g/mol. The van der Waals surface area contributed by atoms with E-state index < -0.39 is 11.6 Å². The summed E-state index contributed by atoms with van der Waals surface area (Å²) in [5, 5.41) is 0.719. The maximum atomic E-state index is 13.4. The quantitative estimate of drug-likeness (QED) is 0.649. The molecule has 0 bridgehead atoms. The average Bonchev–Trinajstić information content (AvgIpc) is 2.34. The van der Waals surface area contributed by atoms with Crippen LogP contribution in [0.15, 0.2) is 40.9 Å². The zero-order valence-corrected chi connectivity index (χ0v) is 12.3. The molecular formula is C13H8Br2F2O. The fraction of sp³-hybridized carbons (Fsp3) is 0.0769. The first-order chi connectivity index (χ1) is 8.60. The van der Waals surface area contributed by atoms with Gasteiger partial charge < -0.3 is 4.74 Å². The molecule has 0 atom stereocenters. The summed E-state index contributed by atoms with van der Waals surface area (Å²) >= 11 is 6.68. The van der Waals surface area contributed by atoms with Crippen molar-refractivity contribution in [3.63, 3.8) is 0 Å². The van der Waals surface area contributed by atoms with Gasteiger partial charge in [-0.15, -0.1) is 0 Å². The normalized spacial score (nSPS) is 10.4. The SMILES string of the molecule is Fc1ccc(Oc2ccc(CBr)cc2Br)c(F)c1. The van der Waals surface area contributed by atoms with Crippen molar-refractivity contribution in [2.75, 3.05) is 0 Å². The molecule has 2 rings (SSSR count). The van der Waals surface area contributed by atoms with Crippen LogP contribution in [0.1, 0.15) is 5.56 Å². The van der Waals surface area contributed by atoms with E-state index in [0.717, 1.165) is 23.0 Å². The summed E-state index contributed by atoms with van der Waals surface area (Å²) in [7, 11) is 0. The summed E-state index contributed by atoms with van der Waals surface area (Å²) in [5.74, 6) is -0.895. The third kappa shape index (κ3) is 3.09.